The molecular weight excluding hydrogens is 230 g/mol. The van der Waals surface area contributed by atoms with Gasteiger partial charge in [0, 0.05) is 36.8 Å². The van der Waals surface area contributed by atoms with Gasteiger partial charge in [-0.2, -0.15) is 0 Å². The van der Waals surface area contributed by atoms with E-state index in [1.54, 1.807) is 0 Å². The zero-order chi connectivity index (χ0) is 12.6. The predicted molar refractivity (Wildman–Crippen MR) is 57.9 cm³/mol. The summed E-state index contributed by atoms with van der Waals surface area (Å²) in [5, 5.41) is 0. The van der Waals surface area contributed by atoms with E-state index in [0.717, 1.165) is 12.1 Å². The second kappa shape index (κ2) is 4.29. The minimum Gasteiger partial charge on any atom is -0.491 e. The summed E-state index contributed by atoms with van der Waals surface area (Å²) in [4.78, 5) is 12.8. The van der Waals surface area contributed by atoms with Crippen molar-refractivity contribution in [1.82, 2.24) is 0 Å². The quantitative estimate of drug-likeness (QED) is 0.843. The molecule has 1 aliphatic rings. The van der Waals surface area contributed by atoms with Crippen LogP contribution in [0, 0.1) is 11.6 Å². The lowest BCUT2D eigenvalue weighted by molar-refractivity contribution is -0.117. The molecule has 0 saturated carbocycles. The Morgan fingerprint density at radius 1 is 1.41 bits per heavy atom. The summed E-state index contributed by atoms with van der Waals surface area (Å²) in [6.07, 6.45) is 0.190. The molecule has 1 heterocycles. The number of halogens is 2. The highest BCUT2D eigenvalue weighted by atomic mass is 19.1. The van der Waals surface area contributed by atoms with Gasteiger partial charge in [0.2, 0.25) is 5.91 Å². The Labute approximate surface area is 97.0 Å². The van der Waals surface area contributed by atoms with Crippen LogP contribution in [0.5, 0.6) is 5.75 Å². The Balaban J connectivity index is 2.37. The van der Waals surface area contributed by atoms with Crippen molar-refractivity contribution >= 4 is 11.6 Å². The summed E-state index contributed by atoms with van der Waals surface area (Å²) in [5.74, 6) is -2.36. The predicted octanol–water partition coefficient (Wildman–Crippen LogP) is 1.04. The van der Waals surface area contributed by atoms with Crippen molar-refractivity contribution in [3.63, 3.8) is 0 Å². The van der Waals surface area contributed by atoms with E-state index in [1.165, 1.54) is 12.0 Å². The van der Waals surface area contributed by atoms with E-state index in [-0.39, 0.29) is 30.6 Å². The van der Waals surface area contributed by atoms with Crippen LogP contribution in [-0.4, -0.2) is 25.6 Å². The first-order chi connectivity index (χ1) is 8.02. The molecular formula is C11H12F2N2O2. The first kappa shape index (κ1) is 11.8. The molecule has 0 radical (unpaired) electrons. The number of nitrogens with zero attached hydrogens (tertiary/aromatic N) is 1. The second-order valence-corrected chi connectivity index (χ2v) is 3.91. The normalized spacial score (nSPS) is 19.9. The van der Waals surface area contributed by atoms with Crippen LogP contribution < -0.4 is 15.4 Å². The summed E-state index contributed by atoms with van der Waals surface area (Å²) in [6, 6.07) is 1.84. The molecule has 1 amide bonds. The lowest BCUT2D eigenvalue weighted by Crippen LogP contribution is -2.28. The van der Waals surface area contributed by atoms with Gasteiger partial charge < -0.3 is 15.4 Å². The Morgan fingerprint density at radius 3 is 2.41 bits per heavy atom. The van der Waals surface area contributed by atoms with Crippen LogP contribution in [0.2, 0.25) is 0 Å². The molecule has 1 saturated heterocycles. The molecule has 1 fully saturated rings. The van der Waals surface area contributed by atoms with Crippen LogP contribution in [0.25, 0.3) is 0 Å². The molecule has 0 aliphatic carbocycles. The summed E-state index contributed by atoms with van der Waals surface area (Å²) >= 11 is 0. The van der Waals surface area contributed by atoms with E-state index in [9.17, 15) is 13.6 Å². The number of anilines is 1. The van der Waals surface area contributed by atoms with E-state index in [4.69, 9.17) is 5.73 Å². The number of ether oxygens (including phenoxy) is 1. The number of hydrogen-bond donors (Lipinski definition) is 1. The second-order valence-electron chi connectivity index (χ2n) is 3.91. The largest absolute Gasteiger partial charge is 0.491 e. The number of carbonyl (C=O) groups is 1. The molecule has 1 unspecified atom stereocenters. The standard InChI is InChI=1S/C11H12F2N2O2/c1-17-11-8(12)3-7(4-9(11)13)15-5-6(14)2-10(15)16/h3-4,6H,2,5,14H2,1H3. The molecule has 0 bridgehead atoms. The molecule has 1 aromatic rings. The minimum absolute atomic E-state index is 0.166. The van der Waals surface area contributed by atoms with Gasteiger partial charge in [-0.3, -0.25) is 4.79 Å². The van der Waals surface area contributed by atoms with Crippen LogP contribution in [0.4, 0.5) is 14.5 Å². The van der Waals surface area contributed by atoms with Crippen LogP contribution in [0.1, 0.15) is 6.42 Å². The summed E-state index contributed by atoms with van der Waals surface area (Å²) in [6.45, 7) is 0.268. The summed E-state index contributed by atoms with van der Waals surface area (Å²) < 4.78 is 31.5. The fraction of sp³-hybridized carbons (Fsp3) is 0.364. The Morgan fingerprint density at radius 2 is 2.00 bits per heavy atom. The third-order valence-electron chi connectivity index (χ3n) is 2.65. The van der Waals surface area contributed by atoms with Crippen molar-refractivity contribution in [2.75, 3.05) is 18.6 Å². The van der Waals surface area contributed by atoms with E-state index >= 15 is 0 Å². The highest BCUT2D eigenvalue weighted by Gasteiger charge is 2.29. The van der Waals surface area contributed by atoms with Crippen LogP contribution >= 0.6 is 0 Å². The Bertz CT molecular complexity index is 442. The lowest BCUT2D eigenvalue weighted by Gasteiger charge is -2.17. The minimum atomic E-state index is -0.837. The number of amides is 1. The van der Waals surface area contributed by atoms with E-state index in [1.807, 2.05) is 0 Å². The number of nitrogens with two attached hydrogens (primary N) is 1. The Kier molecular flexibility index (Phi) is 2.97. The molecule has 1 aliphatic heterocycles. The molecule has 2 N–H and O–H groups in total. The highest BCUT2D eigenvalue weighted by Crippen LogP contribution is 2.29. The Hall–Kier alpha value is -1.69. The fourth-order valence-corrected chi connectivity index (χ4v) is 1.88. The molecule has 2 rings (SSSR count). The highest BCUT2D eigenvalue weighted by molar-refractivity contribution is 5.96. The fourth-order valence-electron chi connectivity index (χ4n) is 1.88. The number of hydrogen-bond acceptors (Lipinski definition) is 3. The van der Waals surface area contributed by atoms with Crippen LogP contribution in [-0.2, 0) is 4.79 Å². The van der Waals surface area contributed by atoms with Gasteiger partial charge in [0.15, 0.2) is 17.4 Å². The number of benzene rings is 1. The van der Waals surface area contributed by atoms with E-state index in [2.05, 4.69) is 4.74 Å². The smallest absolute Gasteiger partial charge is 0.228 e. The third-order valence-corrected chi connectivity index (χ3v) is 2.65. The van der Waals surface area contributed by atoms with Gasteiger partial charge in [-0.1, -0.05) is 0 Å². The van der Waals surface area contributed by atoms with Crippen molar-refractivity contribution < 1.29 is 18.3 Å². The first-order valence-electron chi connectivity index (χ1n) is 5.12. The molecule has 0 spiro atoms. The SMILES string of the molecule is COc1c(F)cc(N2CC(N)CC2=O)cc1F. The zero-order valence-corrected chi connectivity index (χ0v) is 9.24. The molecule has 1 atom stereocenters. The summed E-state index contributed by atoms with van der Waals surface area (Å²) in [5.41, 5.74) is 5.78. The monoisotopic (exact) mass is 242 g/mol. The van der Waals surface area contributed by atoms with Gasteiger partial charge in [0.25, 0.3) is 0 Å². The van der Waals surface area contributed by atoms with Gasteiger partial charge in [-0.05, 0) is 0 Å². The van der Waals surface area contributed by atoms with Crippen molar-refractivity contribution in [3.05, 3.63) is 23.8 Å². The molecule has 17 heavy (non-hydrogen) atoms. The zero-order valence-electron chi connectivity index (χ0n) is 9.24. The average molecular weight is 242 g/mol. The van der Waals surface area contributed by atoms with E-state index < -0.39 is 17.4 Å². The van der Waals surface area contributed by atoms with Gasteiger partial charge in [0.05, 0.1) is 7.11 Å². The molecule has 0 aromatic heterocycles. The van der Waals surface area contributed by atoms with Gasteiger partial charge in [-0.25, -0.2) is 8.78 Å². The average Bonchev–Trinajstić information content (AvgIpc) is 2.57. The van der Waals surface area contributed by atoms with Gasteiger partial charge >= 0.3 is 0 Å². The maximum atomic E-state index is 13.5. The van der Waals surface area contributed by atoms with Crippen LogP contribution in [0.3, 0.4) is 0 Å². The molecule has 6 heteroatoms. The number of rotatable bonds is 2. The molecule has 4 nitrogen and oxygen atoms in total. The van der Waals surface area contributed by atoms with Crippen molar-refractivity contribution in [3.8, 4) is 5.75 Å². The van der Waals surface area contributed by atoms with E-state index in [0.29, 0.717) is 0 Å². The van der Waals surface area contributed by atoms with Gasteiger partial charge in [0.1, 0.15) is 0 Å². The van der Waals surface area contributed by atoms with Gasteiger partial charge in [-0.15, -0.1) is 0 Å². The maximum absolute atomic E-state index is 13.5. The summed E-state index contributed by atoms with van der Waals surface area (Å²) in [7, 11) is 1.18. The van der Waals surface area contributed by atoms with Crippen molar-refractivity contribution in [1.29, 1.82) is 0 Å². The van der Waals surface area contributed by atoms with Crippen molar-refractivity contribution in [2.24, 2.45) is 5.73 Å². The first-order valence-corrected chi connectivity index (χ1v) is 5.12. The maximum Gasteiger partial charge on any atom is 0.228 e. The van der Waals surface area contributed by atoms with Crippen molar-refractivity contribution in [2.45, 2.75) is 12.5 Å². The van der Waals surface area contributed by atoms with Crippen LogP contribution in [0.15, 0.2) is 12.1 Å². The molecule has 92 valence electrons. The number of methoxy groups -OCH3 is 1. The third kappa shape index (κ3) is 2.08. The number of carbonyl (C=O) groups excluding carboxylic acids is 1. The topological polar surface area (TPSA) is 55.6 Å². The lowest BCUT2D eigenvalue weighted by atomic mass is 10.2. The molecule has 1 aromatic carbocycles.